The first-order valence-corrected chi connectivity index (χ1v) is 5.53. The maximum atomic E-state index is 10.1. The van der Waals surface area contributed by atoms with E-state index >= 15 is 0 Å². The lowest BCUT2D eigenvalue weighted by Gasteiger charge is -2.29. The van der Waals surface area contributed by atoms with Crippen LogP contribution in [0.3, 0.4) is 0 Å². The summed E-state index contributed by atoms with van der Waals surface area (Å²) in [5, 5.41) is 0. The highest BCUT2D eigenvalue weighted by atomic mass is 16.1. The molecule has 0 spiro atoms. The van der Waals surface area contributed by atoms with Gasteiger partial charge in [-0.05, 0) is 37.5 Å². The molecule has 0 aliphatic heterocycles. The van der Waals surface area contributed by atoms with Gasteiger partial charge in [-0.1, -0.05) is 31.9 Å². The van der Waals surface area contributed by atoms with Crippen molar-refractivity contribution in [2.75, 3.05) is 0 Å². The Kier molecular flexibility index (Phi) is 3.91. The molecule has 1 atom stereocenters. The number of carbonyl (C=O) groups excluding carboxylic acids is 1. The molecule has 0 fully saturated rings. The maximum Gasteiger partial charge on any atom is 0.123 e. The molecular formula is C13H21O. The van der Waals surface area contributed by atoms with Crippen LogP contribution in [-0.2, 0) is 4.79 Å². The molecule has 0 aromatic carbocycles. The van der Waals surface area contributed by atoms with Gasteiger partial charge in [0.1, 0.15) is 6.29 Å². The largest absolute Gasteiger partial charge is 0.303 e. The Morgan fingerprint density at radius 3 is 2.79 bits per heavy atom. The Morgan fingerprint density at radius 2 is 2.29 bits per heavy atom. The van der Waals surface area contributed by atoms with E-state index in [1.54, 1.807) is 6.42 Å². The smallest absolute Gasteiger partial charge is 0.123 e. The SMILES string of the molecule is CC1=CCC(CCC[CH]C=O)C1(C)C. The molecule has 1 nitrogen and oxygen atoms in total. The van der Waals surface area contributed by atoms with Crippen LogP contribution in [0.4, 0.5) is 0 Å². The fraction of sp³-hybridized carbons (Fsp3) is 0.692. The summed E-state index contributed by atoms with van der Waals surface area (Å²) in [5.74, 6) is 0.780. The summed E-state index contributed by atoms with van der Waals surface area (Å²) in [6.07, 6.45) is 9.55. The fourth-order valence-corrected chi connectivity index (χ4v) is 2.23. The van der Waals surface area contributed by atoms with Crippen molar-refractivity contribution in [2.24, 2.45) is 11.3 Å². The van der Waals surface area contributed by atoms with Gasteiger partial charge in [0.2, 0.25) is 0 Å². The second-order valence-corrected chi connectivity index (χ2v) is 4.84. The highest BCUT2D eigenvalue weighted by molar-refractivity contribution is 5.60. The lowest BCUT2D eigenvalue weighted by molar-refractivity contribution is -0.105. The summed E-state index contributed by atoms with van der Waals surface area (Å²) < 4.78 is 0. The Labute approximate surface area is 87.6 Å². The van der Waals surface area contributed by atoms with E-state index in [0.29, 0.717) is 5.41 Å². The van der Waals surface area contributed by atoms with Crippen LogP contribution in [0.5, 0.6) is 0 Å². The minimum Gasteiger partial charge on any atom is -0.303 e. The molecule has 0 heterocycles. The number of allylic oxidation sites excluding steroid dienone is 2. The van der Waals surface area contributed by atoms with Crippen molar-refractivity contribution < 1.29 is 4.79 Å². The summed E-state index contributed by atoms with van der Waals surface area (Å²) in [7, 11) is 0. The average Bonchev–Trinajstić information content (AvgIpc) is 2.38. The van der Waals surface area contributed by atoms with E-state index in [1.165, 1.54) is 18.4 Å². The van der Waals surface area contributed by atoms with Crippen molar-refractivity contribution in [3.8, 4) is 0 Å². The second-order valence-electron chi connectivity index (χ2n) is 4.84. The van der Waals surface area contributed by atoms with Gasteiger partial charge in [-0.2, -0.15) is 0 Å². The minimum absolute atomic E-state index is 0.376. The van der Waals surface area contributed by atoms with Crippen LogP contribution in [-0.4, -0.2) is 6.29 Å². The fourth-order valence-electron chi connectivity index (χ4n) is 2.23. The van der Waals surface area contributed by atoms with Crippen LogP contribution in [0.1, 0.15) is 46.5 Å². The second kappa shape index (κ2) is 4.77. The number of unbranched alkanes of at least 4 members (excludes halogenated alkanes) is 2. The quantitative estimate of drug-likeness (QED) is 0.371. The van der Waals surface area contributed by atoms with Gasteiger partial charge in [0.25, 0.3) is 0 Å². The zero-order chi connectivity index (χ0) is 10.6. The molecule has 0 aromatic heterocycles. The van der Waals surface area contributed by atoms with Gasteiger partial charge >= 0.3 is 0 Å². The lowest BCUT2D eigenvalue weighted by Crippen LogP contribution is -2.20. The summed E-state index contributed by atoms with van der Waals surface area (Å²) >= 11 is 0. The van der Waals surface area contributed by atoms with Gasteiger partial charge in [0.05, 0.1) is 0 Å². The first-order valence-electron chi connectivity index (χ1n) is 5.53. The van der Waals surface area contributed by atoms with Crippen LogP contribution < -0.4 is 0 Å². The van der Waals surface area contributed by atoms with E-state index in [4.69, 9.17) is 0 Å². The number of rotatable bonds is 5. The summed E-state index contributed by atoms with van der Waals surface area (Å²) in [6, 6.07) is 0. The average molecular weight is 193 g/mol. The van der Waals surface area contributed by atoms with Gasteiger partial charge in [0, 0.05) is 6.42 Å². The third-order valence-electron chi connectivity index (χ3n) is 3.77. The van der Waals surface area contributed by atoms with E-state index in [0.717, 1.165) is 25.0 Å². The van der Waals surface area contributed by atoms with Crippen LogP contribution in [0, 0.1) is 17.8 Å². The van der Waals surface area contributed by atoms with Gasteiger partial charge in [-0.3, -0.25) is 0 Å². The molecule has 0 amide bonds. The monoisotopic (exact) mass is 193 g/mol. The molecule has 1 aliphatic rings. The molecule has 0 N–H and O–H groups in total. The van der Waals surface area contributed by atoms with Crippen molar-refractivity contribution in [3.63, 3.8) is 0 Å². The van der Waals surface area contributed by atoms with Crippen LogP contribution in [0.15, 0.2) is 11.6 Å². The number of hydrogen-bond donors (Lipinski definition) is 0. The van der Waals surface area contributed by atoms with Crippen molar-refractivity contribution in [1.29, 1.82) is 0 Å². The standard InChI is InChI=1S/C13H21O/c1-11-8-9-12(13(11,2)3)7-5-4-6-10-14/h6,8,10,12H,4-5,7,9H2,1-3H3. The Morgan fingerprint density at radius 1 is 1.57 bits per heavy atom. The molecule has 1 heteroatoms. The van der Waals surface area contributed by atoms with Crippen LogP contribution in [0.25, 0.3) is 0 Å². The van der Waals surface area contributed by atoms with E-state index in [-0.39, 0.29) is 0 Å². The van der Waals surface area contributed by atoms with E-state index in [2.05, 4.69) is 26.8 Å². The molecule has 1 radical (unpaired) electrons. The van der Waals surface area contributed by atoms with Crippen LogP contribution in [0.2, 0.25) is 0 Å². The molecule has 14 heavy (non-hydrogen) atoms. The first-order chi connectivity index (χ1) is 6.59. The van der Waals surface area contributed by atoms with E-state index < -0.39 is 0 Å². The molecule has 0 aromatic rings. The number of carbonyl (C=O) groups is 1. The van der Waals surface area contributed by atoms with Crippen LogP contribution >= 0.6 is 0 Å². The normalized spacial score (nSPS) is 24.8. The molecule has 1 aliphatic carbocycles. The molecule has 79 valence electrons. The van der Waals surface area contributed by atoms with Gasteiger partial charge in [-0.15, -0.1) is 0 Å². The van der Waals surface area contributed by atoms with Crippen molar-refractivity contribution in [2.45, 2.75) is 46.5 Å². The molecule has 0 bridgehead atoms. The highest BCUT2D eigenvalue weighted by Crippen LogP contribution is 2.45. The zero-order valence-corrected chi connectivity index (χ0v) is 9.55. The molecule has 1 unspecified atom stereocenters. The van der Waals surface area contributed by atoms with Crippen molar-refractivity contribution >= 4 is 6.29 Å². The summed E-state index contributed by atoms with van der Waals surface area (Å²) in [6.45, 7) is 6.90. The topological polar surface area (TPSA) is 17.1 Å². The molecule has 0 saturated heterocycles. The molecule has 0 saturated carbocycles. The van der Waals surface area contributed by atoms with E-state index in [1.807, 2.05) is 0 Å². The summed E-state index contributed by atoms with van der Waals surface area (Å²) in [5.41, 5.74) is 1.91. The van der Waals surface area contributed by atoms with Gasteiger partial charge < -0.3 is 4.79 Å². The Hall–Kier alpha value is -0.590. The Bertz CT molecular complexity index is 225. The zero-order valence-electron chi connectivity index (χ0n) is 9.55. The molecular weight excluding hydrogens is 172 g/mol. The third kappa shape index (κ3) is 2.46. The lowest BCUT2D eigenvalue weighted by atomic mass is 9.75. The van der Waals surface area contributed by atoms with E-state index in [9.17, 15) is 4.79 Å². The van der Waals surface area contributed by atoms with Crippen molar-refractivity contribution in [1.82, 2.24) is 0 Å². The predicted octanol–water partition coefficient (Wildman–Crippen LogP) is 3.55. The maximum absolute atomic E-state index is 10.1. The first kappa shape index (κ1) is 11.5. The third-order valence-corrected chi connectivity index (χ3v) is 3.77. The number of hydrogen-bond acceptors (Lipinski definition) is 1. The predicted molar refractivity (Wildman–Crippen MR) is 59.9 cm³/mol. The van der Waals surface area contributed by atoms with Gasteiger partial charge in [-0.25, -0.2) is 0 Å². The van der Waals surface area contributed by atoms with Gasteiger partial charge in [0.15, 0.2) is 0 Å². The summed E-state index contributed by atoms with van der Waals surface area (Å²) in [4.78, 5) is 10.1. The number of aldehydes is 1. The highest BCUT2D eigenvalue weighted by Gasteiger charge is 2.33. The Balaban J connectivity index is 2.30. The minimum atomic E-state index is 0.376. The van der Waals surface area contributed by atoms with Crippen molar-refractivity contribution in [3.05, 3.63) is 18.1 Å². The molecule has 1 rings (SSSR count).